The van der Waals surface area contributed by atoms with Crippen molar-refractivity contribution >= 4 is 5.78 Å². The zero-order valence-electron chi connectivity index (χ0n) is 11.8. The molecule has 3 nitrogen and oxygen atoms in total. The zero-order chi connectivity index (χ0) is 14.9. The van der Waals surface area contributed by atoms with Crippen molar-refractivity contribution < 1.29 is 14.3 Å². The van der Waals surface area contributed by atoms with E-state index in [0.29, 0.717) is 5.56 Å². The van der Waals surface area contributed by atoms with Crippen LogP contribution in [0.25, 0.3) is 0 Å². The molecule has 0 saturated carbocycles. The van der Waals surface area contributed by atoms with E-state index in [2.05, 4.69) is 11.8 Å². The standard InChI is InChI=1S/C18H16O3/c1-20-14-21-17(13-12-15-8-4-2-5-9-15)18(19)16-10-6-3-7-11-16/h2-11,17H,14H2,1H3/t17-/m0/s1. The van der Waals surface area contributed by atoms with Gasteiger partial charge in [-0.25, -0.2) is 0 Å². The molecule has 2 aromatic carbocycles. The lowest BCUT2D eigenvalue weighted by molar-refractivity contribution is -0.0432. The van der Waals surface area contributed by atoms with Crippen LogP contribution in [0.5, 0.6) is 0 Å². The molecule has 0 unspecified atom stereocenters. The summed E-state index contributed by atoms with van der Waals surface area (Å²) >= 11 is 0. The monoisotopic (exact) mass is 280 g/mol. The van der Waals surface area contributed by atoms with Gasteiger partial charge in [0, 0.05) is 18.2 Å². The third kappa shape index (κ3) is 4.57. The summed E-state index contributed by atoms with van der Waals surface area (Å²) in [7, 11) is 1.51. The van der Waals surface area contributed by atoms with Crippen molar-refractivity contribution in [3.05, 3.63) is 71.8 Å². The Hall–Kier alpha value is -2.41. The molecule has 0 heterocycles. The Morgan fingerprint density at radius 1 is 1.05 bits per heavy atom. The van der Waals surface area contributed by atoms with E-state index in [9.17, 15) is 4.79 Å². The van der Waals surface area contributed by atoms with Crippen LogP contribution in [0, 0.1) is 11.8 Å². The van der Waals surface area contributed by atoms with Crippen LogP contribution in [0.3, 0.4) is 0 Å². The van der Waals surface area contributed by atoms with Gasteiger partial charge in [-0.3, -0.25) is 4.79 Å². The van der Waals surface area contributed by atoms with Gasteiger partial charge in [0.2, 0.25) is 5.78 Å². The van der Waals surface area contributed by atoms with Crippen molar-refractivity contribution in [3.8, 4) is 11.8 Å². The first kappa shape index (κ1) is 15.0. The summed E-state index contributed by atoms with van der Waals surface area (Å²) < 4.78 is 10.3. The lowest BCUT2D eigenvalue weighted by atomic mass is 10.1. The van der Waals surface area contributed by atoms with Gasteiger partial charge in [-0.1, -0.05) is 60.4 Å². The van der Waals surface area contributed by atoms with Crippen LogP contribution in [0.4, 0.5) is 0 Å². The number of hydrogen-bond acceptors (Lipinski definition) is 3. The third-order valence-corrected chi connectivity index (χ3v) is 2.77. The molecule has 0 N–H and O–H groups in total. The number of benzene rings is 2. The average Bonchev–Trinajstić information content (AvgIpc) is 2.56. The van der Waals surface area contributed by atoms with Gasteiger partial charge in [-0.2, -0.15) is 0 Å². The molecule has 0 amide bonds. The average molecular weight is 280 g/mol. The number of methoxy groups -OCH3 is 1. The maximum Gasteiger partial charge on any atom is 0.203 e. The Bertz CT molecular complexity index is 624. The molecular weight excluding hydrogens is 264 g/mol. The summed E-state index contributed by atoms with van der Waals surface area (Å²) in [5, 5.41) is 0. The fourth-order valence-electron chi connectivity index (χ4n) is 1.74. The molecule has 0 bridgehead atoms. The van der Waals surface area contributed by atoms with Crippen LogP contribution in [-0.2, 0) is 9.47 Å². The number of carbonyl (C=O) groups excluding carboxylic acids is 1. The second-order valence-electron chi connectivity index (χ2n) is 4.32. The summed E-state index contributed by atoms with van der Waals surface area (Å²) in [5.74, 6) is 5.65. The minimum Gasteiger partial charge on any atom is -0.359 e. The van der Waals surface area contributed by atoms with E-state index in [1.807, 2.05) is 48.5 Å². The molecule has 1 atom stereocenters. The first-order valence-electron chi connectivity index (χ1n) is 6.57. The highest BCUT2D eigenvalue weighted by Crippen LogP contribution is 2.07. The van der Waals surface area contributed by atoms with E-state index < -0.39 is 6.10 Å². The fraction of sp³-hybridized carbons (Fsp3) is 0.167. The summed E-state index contributed by atoms with van der Waals surface area (Å²) in [6.45, 7) is 0.0205. The molecule has 0 fully saturated rings. The summed E-state index contributed by atoms with van der Waals surface area (Å²) in [6, 6.07) is 18.4. The third-order valence-electron chi connectivity index (χ3n) is 2.77. The van der Waals surface area contributed by atoms with Crippen molar-refractivity contribution in [1.29, 1.82) is 0 Å². The van der Waals surface area contributed by atoms with Crippen molar-refractivity contribution in [2.45, 2.75) is 6.10 Å². The van der Waals surface area contributed by atoms with Gasteiger partial charge < -0.3 is 9.47 Å². The molecule has 0 spiro atoms. The molecule has 21 heavy (non-hydrogen) atoms. The number of hydrogen-bond donors (Lipinski definition) is 0. The van der Waals surface area contributed by atoms with Crippen molar-refractivity contribution in [1.82, 2.24) is 0 Å². The van der Waals surface area contributed by atoms with Crippen LogP contribution >= 0.6 is 0 Å². The maximum atomic E-state index is 12.4. The molecule has 3 heteroatoms. The van der Waals surface area contributed by atoms with Crippen molar-refractivity contribution in [2.24, 2.45) is 0 Å². The van der Waals surface area contributed by atoms with E-state index in [-0.39, 0.29) is 12.6 Å². The lowest BCUT2D eigenvalue weighted by Gasteiger charge is -2.10. The van der Waals surface area contributed by atoms with E-state index in [1.54, 1.807) is 12.1 Å². The largest absolute Gasteiger partial charge is 0.359 e. The highest BCUT2D eigenvalue weighted by molar-refractivity contribution is 6.01. The number of carbonyl (C=O) groups is 1. The van der Waals surface area contributed by atoms with Crippen LogP contribution in [0.2, 0.25) is 0 Å². The van der Waals surface area contributed by atoms with Crippen molar-refractivity contribution in [3.63, 3.8) is 0 Å². The van der Waals surface area contributed by atoms with Crippen LogP contribution < -0.4 is 0 Å². The quantitative estimate of drug-likeness (QED) is 0.480. The number of Topliss-reactive ketones (excluding diaryl/α,β-unsaturated/α-hetero) is 1. The SMILES string of the molecule is COCO[C@@H](C#Cc1ccccc1)C(=O)c1ccccc1. The number of ketones is 1. The first-order chi connectivity index (χ1) is 10.3. The summed E-state index contributed by atoms with van der Waals surface area (Å²) in [4.78, 5) is 12.4. The number of ether oxygens (including phenoxy) is 2. The minimum absolute atomic E-state index is 0.0205. The molecule has 106 valence electrons. The fourth-order valence-corrected chi connectivity index (χ4v) is 1.74. The second-order valence-corrected chi connectivity index (χ2v) is 4.32. The molecule has 0 aliphatic heterocycles. The van der Waals surface area contributed by atoms with E-state index in [0.717, 1.165) is 5.56 Å². The topological polar surface area (TPSA) is 35.5 Å². The van der Waals surface area contributed by atoms with Gasteiger partial charge in [-0.05, 0) is 12.1 Å². The van der Waals surface area contributed by atoms with Crippen LogP contribution in [-0.4, -0.2) is 25.8 Å². The molecule has 0 radical (unpaired) electrons. The lowest BCUT2D eigenvalue weighted by Crippen LogP contribution is -2.23. The van der Waals surface area contributed by atoms with Gasteiger partial charge >= 0.3 is 0 Å². The minimum atomic E-state index is -0.840. The number of rotatable bonds is 5. The normalized spacial score (nSPS) is 11.3. The predicted octanol–water partition coefficient (Wildman–Crippen LogP) is 2.91. The van der Waals surface area contributed by atoms with Crippen LogP contribution in [0.1, 0.15) is 15.9 Å². The predicted molar refractivity (Wildman–Crippen MR) is 80.8 cm³/mol. The van der Waals surface area contributed by atoms with Gasteiger partial charge in [0.15, 0.2) is 6.10 Å². The Balaban J connectivity index is 2.19. The van der Waals surface area contributed by atoms with Gasteiger partial charge in [0.25, 0.3) is 0 Å². The first-order valence-corrected chi connectivity index (χ1v) is 6.57. The van der Waals surface area contributed by atoms with E-state index in [4.69, 9.17) is 9.47 Å². The van der Waals surface area contributed by atoms with E-state index >= 15 is 0 Å². The zero-order valence-corrected chi connectivity index (χ0v) is 11.8. The van der Waals surface area contributed by atoms with Crippen molar-refractivity contribution in [2.75, 3.05) is 13.9 Å². The summed E-state index contributed by atoms with van der Waals surface area (Å²) in [6.07, 6.45) is -0.840. The highest BCUT2D eigenvalue weighted by atomic mass is 16.7. The van der Waals surface area contributed by atoms with Crippen LogP contribution in [0.15, 0.2) is 60.7 Å². The Morgan fingerprint density at radius 2 is 1.67 bits per heavy atom. The maximum absolute atomic E-state index is 12.4. The second kappa shape index (κ2) is 8.01. The smallest absolute Gasteiger partial charge is 0.203 e. The van der Waals surface area contributed by atoms with Gasteiger partial charge in [0.05, 0.1) is 0 Å². The Morgan fingerprint density at radius 3 is 2.29 bits per heavy atom. The highest BCUT2D eigenvalue weighted by Gasteiger charge is 2.18. The van der Waals surface area contributed by atoms with Gasteiger partial charge in [0.1, 0.15) is 6.79 Å². The molecular formula is C18H16O3. The Labute approximate surface area is 124 Å². The van der Waals surface area contributed by atoms with E-state index in [1.165, 1.54) is 7.11 Å². The summed E-state index contributed by atoms with van der Waals surface area (Å²) in [5.41, 5.74) is 1.41. The Kier molecular flexibility index (Phi) is 5.71. The molecule has 0 saturated heterocycles. The molecule has 0 aromatic heterocycles. The molecule has 0 aliphatic rings. The molecule has 0 aliphatic carbocycles. The van der Waals surface area contributed by atoms with Gasteiger partial charge in [-0.15, -0.1) is 0 Å². The molecule has 2 aromatic rings. The molecule has 2 rings (SSSR count).